The highest BCUT2D eigenvalue weighted by atomic mass is 32.2. The summed E-state index contributed by atoms with van der Waals surface area (Å²) >= 11 is 0. The Balaban J connectivity index is 2.38. The first kappa shape index (κ1) is 12.7. The summed E-state index contributed by atoms with van der Waals surface area (Å²) in [5.74, 6) is 0.210. The number of hydrogen-bond acceptors (Lipinski definition) is 3. The molecule has 3 nitrogen and oxygen atoms in total. The molecule has 2 atom stereocenters. The molecule has 1 aromatic rings. The van der Waals surface area contributed by atoms with Crippen molar-refractivity contribution in [2.24, 2.45) is 0 Å². The van der Waals surface area contributed by atoms with Crippen molar-refractivity contribution in [2.75, 3.05) is 11.5 Å². The lowest BCUT2D eigenvalue weighted by Gasteiger charge is -2.10. The van der Waals surface area contributed by atoms with E-state index >= 15 is 0 Å². The first-order valence-electron chi connectivity index (χ1n) is 5.26. The lowest BCUT2D eigenvalue weighted by molar-refractivity contribution is 0.582. The van der Waals surface area contributed by atoms with Gasteiger partial charge in [-0.05, 0) is 37.1 Å². The first-order valence-corrected chi connectivity index (χ1v) is 8.30. The number of benzene rings is 1. The van der Waals surface area contributed by atoms with E-state index in [1.54, 1.807) is 0 Å². The quantitative estimate of drug-likeness (QED) is 0.768. The normalized spacial score (nSPS) is 25.1. The molecule has 6 heteroatoms. The molecule has 1 aliphatic rings. The second-order valence-corrected chi connectivity index (χ2v) is 8.03. The number of halogens is 1. The maximum atomic E-state index is 13.1. The lowest BCUT2D eigenvalue weighted by Crippen LogP contribution is -2.21. The molecule has 1 aromatic carbocycles. The number of rotatable bonds is 2. The fourth-order valence-corrected chi connectivity index (χ4v) is 5.90. The summed E-state index contributed by atoms with van der Waals surface area (Å²) in [5, 5.41) is -0.590. The summed E-state index contributed by atoms with van der Waals surface area (Å²) in [5.41, 5.74) is 0.310. The van der Waals surface area contributed by atoms with Crippen LogP contribution in [-0.4, -0.2) is 29.4 Å². The summed E-state index contributed by atoms with van der Waals surface area (Å²) in [4.78, 5) is 0.125. The standard InChI is InChI=1S/C11H13FO3S2/c1-8-6-9(2-3-11(8)12)17(14,15)10-4-5-16(13)7-10/h2-3,6,10H,4-5,7H2,1H3. The molecule has 0 aromatic heterocycles. The van der Waals surface area contributed by atoms with Gasteiger partial charge in [0.15, 0.2) is 9.84 Å². The zero-order valence-electron chi connectivity index (χ0n) is 9.35. The molecule has 2 rings (SSSR count). The van der Waals surface area contributed by atoms with Gasteiger partial charge in [0.25, 0.3) is 0 Å². The molecular formula is C11H13FO3S2. The topological polar surface area (TPSA) is 51.2 Å². The predicted molar refractivity (Wildman–Crippen MR) is 64.6 cm³/mol. The molecule has 1 fully saturated rings. The summed E-state index contributed by atoms with van der Waals surface area (Å²) in [6, 6.07) is 3.78. The maximum Gasteiger partial charge on any atom is 0.182 e. The maximum absolute atomic E-state index is 13.1. The van der Waals surface area contributed by atoms with Crippen LogP contribution in [0.1, 0.15) is 12.0 Å². The Hall–Kier alpha value is -0.750. The van der Waals surface area contributed by atoms with Gasteiger partial charge >= 0.3 is 0 Å². The molecule has 1 saturated heterocycles. The molecule has 94 valence electrons. The molecule has 1 aliphatic heterocycles. The Bertz CT molecular complexity index is 566. The van der Waals surface area contributed by atoms with E-state index in [2.05, 4.69) is 0 Å². The smallest absolute Gasteiger partial charge is 0.182 e. The Morgan fingerprint density at radius 3 is 2.65 bits per heavy atom. The van der Waals surface area contributed by atoms with Crippen molar-refractivity contribution in [2.45, 2.75) is 23.5 Å². The Labute approximate surface area is 102 Å². The molecular weight excluding hydrogens is 263 g/mol. The van der Waals surface area contributed by atoms with Gasteiger partial charge in [-0.3, -0.25) is 4.21 Å². The van der Waals surface area contributed by atoms with Gasteiger partial charge in [0.2, 0.25) is 0 Å². The molecule has 0 amide bonds. The third-order valence-corrected chi connectivity index (χ3v) is 6.80. The van der Waals surface area contributed by atoms with Gasteiger partial charge in [0.1, 0.15) is 5.82 Å². The molecule has 0 radical (unpaired) electrons. The van der Waals surface area contributed by atoms with Crippen molar-refractivity contribution in [1.82, 2.24) is 0 Å². The van der Waals surface area contributed by atoms with E-state index in [1.807, 2.05) is 0 Å². The summed E-state index contributed by atoms with van der Waals surface area (Å²) in [6.07, 6.45) is 0.422. The van der Waals surface area contributed by atoms with Crippen LogP contribution in [0.4, 0.5) is 4.39 Å². The van der Waals surface area contributed by atoms with E-state index in [1.165, 1.54) is 19.1 Å². The van der Waals surface area contributed by atoms with E-state index in [4.69, 9.17) is 0 Å². The van der Waals surface area contributed by atoms with Crippen LogP contribution in [0.25, 0.3) is 0 Å². The summed E-state index contributed by atoms with van der Waals surface area (Å²) < 4.78 is 48.7. The van der Waals surface area contributed by atoms with Gasteiger partial charge in [-0.15, -0.1) is 0 Å². The lowest BCUT2D eigenvalue weighted by atomic mass is 10.2. The number of aryl methyl sites for hydroxylation is 1. The Morgan fingerprint density at radius 1 is 1.41 bits per heavy atom. The second-order valence-electron chi connectivity index (χ2n) is 4.18. The molecule has 0 N–H and O–H groups in total. The second kappa shape index (κ2) is 4.49. The monoisotopic (exact) mass is 276 g/mol. The molecule has 0 saturated carbocycles. The van der Waals surface area contributed by atoms with Gasteiger partial charge < -0.3 is 0 Å². The van der Waals surface area contributed by atoms with Gasteiger partial charge in [0, 0.05) is 22.3 Å². The van der Waals surface area contributed by atoms with Gasteiger partial charge in [0.05, 0.1) is 10.1 Å². The average molecular weight is 276 g/mol. The van der Waals surface area contributed by atoms with Crippen molar-refractivity contribution in [3.8, 4) is 0 Å². The van der Waals surface area contributed by atoms with Crippen LogP contribution in [0, 0.1) is 12.7 Å². The van der Waals surface area contributed by atoms with E-state index < -0.39 is 31.7 Å². The fraction of sp³-hybridized carbons (Fsp3) is 0.455. The van der Waals surface area contributed by atoms with Gasteiger partial charge in [-0.25, -0.2) is 12.8 Å². The molecule has 0 aliphatic carbocycles. The molecule has 0 spiro atoms. The van der Waals surface area contributed by atoms with E-state index in [0.717, 1.165) is 6.07 Å². The molecule has 0 bridgehead atoms. The van der Waals surface area contributed by atoms with Crippen molar-refractivity contribution >= 4 is 20.6 Å². The molecule has 1 heterocycles. The van der Waals surface area contributed by atoms with E-state index in [0.29, 0.717) is 17.7 Å². The first-order chi connectivity index (χ1) is 7.91. The van der Waals surface area contributed by atoms with Crippen molar-refractivity contribution in [1.29, 1.82) is 0 Å². The van der Waals surface area contributed by atoms with E-state index in [9.17, 15) is 17.0 Å². The summed E-state index contributed by atoms with van der Waals surface area (Å²) in [6.45, 7) is 1.53. The van der Waals surface area contributed by atoms with Crippen LogP contribution in [0.15, 0.2) is 23.1 Å². The van der Waals surface area contributed by atoms with Crippen molar-refractivity contribution in [3.05, 3.63) is 29.6 Å². The van der Waals surface area contributed by atoms with Crippen LogP contribution in [0.5, 0.6) is 0 Å². The SMILES string of the molecule is Cc1cc(S(=O)(=O)C2CCS(=O)C2)ccc1F. The van der Waals surface area contributed by atoms with E-state index in [-0.39, 0.29) is 10.6 Å². The summed E-state index contributed by atoms with van der Waals surface area (Å²) in [7, 11) is -4.51. The Kier molecular flexibility index (Phi) is 3.36. The van der Waals surface area contributed by atoms with Crippen LogP contribution in [0.3, 0.4) is 0 Å². The zero-order chi connectivity index (χ0) is 12.6. The molecule has 2 unspecified atom stereocenters. The minimum atomic E-state index is -3.47. The number of sulfone groups is 1. The average Bonchev–Trinajstić information content (AvgIpc) is 2.69. The van der Waals surface area contributed by atoms with Crippen LogP contribution in [-0.2, 0) is 20.6 Å². The third-order valence-electron chi connectivity index (χ3n) is 2.94. The fourth-order valence-electron chi connectivity index (χ4n) is 1.87. The predicted octanol–water partition coefficient (Wildman–Crippen LogP) is 1.43. The highest BCUT2D eigenvalue weighted by molar-refractivity contribution is 7.94. The van der Waals surface area contributed by atoms with Crippen LogP contribution >= 0.6 is 0 Å². The van der Waals surface area contributed by atoms with Crippen molar-refractivity contribution in [3.63, 3.8) is 0 Å². The number of hydrogen-bond donors (Lipinski definition) is 0. The van der Waals surface area contributed by atoms with Crippen LogP contribution in [0.2, 0.25) is 0 Å². The largest absolute Gasteiger partial charge is 0.260 e. The third kappa shape index (κ3) is 2.42. The minimum absolute atomic E-state index is 0.125. The van der Waals surface area contributed by atoms with Gasteiger partial charge in [-0.2, -0.15) is 0 Å². The zero-order valence-corrected chi connectivity index (χ0v) is 11.0. The van der Waals surface area contributed by atoms with Gasteiger partial charge in [-0.1, -0.05) is 0 Å². The highest BCUT2D eigenvalue weighted by Crippen LogP contribution is 2.24. The Morgan fingerprint density at radius 2 is 2.12 bits per heavy atom. The molecule has 17 heavy (non-hydrogen) atoms. The highest BCUT2D eigenvalue weighted by Gasteiger charge is 2.33. The minimum Gasteiger partial charge on any atom is -0.260 e. The van der Waals surface area contributed by atoms with Crippen LogP contribution < -0.4 is 0 Å². The van der Waals surface area contributed by atoms with Crippen molar-refractivity contribution < 1.29 is 17.0 Å².